The molecule has 2 aliphatic rings. The lowest BCUT2D eigenvalue weighted by Crippen LogP contribution is -2.50. The van der Waals surface area contributed by atoms with Crippen LogP contribution in [-0.4, -0.2) is 54.3 Å². The number of piperazine rings is 1. The van der Waals surface area contributed by atoms with Crippen molar-refractivity contribution in [2.45, 2.75) is 39.2 Å². The first kappa shape index (κ1) is 12.7. The summed E-state index contributed by atoms with van der Waals surface area (Å²) < 4.78 is 0. The van der Waals surface area contributed by atoms with Gasteiger partial charge >= 0.3 is 0 Å². The van der Waals surface area contributed by atoms with E-state index in [1.807, 2.05) is 0 Å². The molecule has 2 nitrogen and oxygen atoms in total. The van der Waals surface area contributed by atoms with Gasteiger partial charge in [0.2, 0.25) is 0 Å². The molecule has 0 aromatic carbocycles. The molecular weight excluding hydrogens is 216 g/mol. The van der Waals surface area contributed by atoms with Crippen molar-refractivity contribution in [3.63, 3.8) is 0 Å². The molecule has 1 heterocycles. The van der Waals surface area contributed by atoms with E-state index in [9.17, 15) is 0 Å². The summed E-state index contributed by atoms with van der Waals surface area (Å²) >= 11 is 4.49. The molecule has 0 N–H and O–H groups in total. The van der Waals surface area contributed by atoms with E-state index >= 15 is 0 Å². The molecule has 1 atom stereocenters. The van der Waals surface area contributed by atoms with Gasteiger partial charge in [-0.25, -0.2) is 0 Å². The van der Waals surface area contributed by atoms with E-state index in [4.69, 9.17) is 0 Å². The second-order valence-corrected chi connectivity index (χ2v) is 6.04. The molecule has 2 rings (SSSR count). The Morgan fingerprint density at radius 2 is 1.81 bits per heavy atom. The molecule has 0 radical (unpaired) electrons. The van der Waals surface area contributed by atoms with Crippen LogP contribution in [0.1, 0.15) is 33.1 Å². The third kappa shape index (κ3) is 2.93. The lowest BCUT2D eigenvalue weighted by Gasteiger charge is -2.39. The Labute approximate surface area is 106 Å². The quantitative estimate of drug-likeness (QED) is 0.738. The maximum absolute atomic E-state index is 4.49. The van der Waals surface area contributed by atoms with Crippen LogP contribution in [0.4, 0.5) is 0 Å². The molecule has 1 unspecified atom stereocenters. The smallest absolute Gasteiger partial charge is 0.0113 e. The van der Waals surface area contributed by atoms with Crippen molar-refractivity contribution >= 4 is 12.6 Å². The second kappa shape index (κ2) is 5.28. The van der Waals surface area contributed by atoms with Crippen molar-refractivity contribution in [2.75, 3.05) is 38.5 Å². The molecule has 0 spiro atoms. The van der Waals surface area contributed by atoms with Gasteiger partial charge in [0.15, 0.2) is 0 Å². The lowest BCUT2D eigenvalue weighted by atomic mass is 10.1. The number of nitrogens with zero attached hydrogens (tertiary/aromatic N) is 2. The van der Waals surface area contributed by atoms with Crippen molar-refractivity contribution < 1.29 is 0 Å². The monoisotopic (exact) mass is 242 g/mol. The van der Waals surface area contributed by atoms with Crippen molar-refractivity contribution in [2.24, 2.45) is 5.41 Å². The summed E-state index contributed by atoms with van der Waals surface area (Å²) in [5.74, 6) is 1.08. The maximum atomic E-state index is 4.49. The first-order valence-corrected chi connectivity index (χ1v) is 7.39. The van der Waals surface area contributed by atoms with Gasteiger partial charge in [-0.15, -0.1) is 0 Å². The van der Waals surface area contributed by atoms with Gasteiger partial charge in [-0.1, -0.05) is 6.92 Å². The van der Waals surface area contributed by atoms with Crippen LogP contribution in [0.3, 0.4) is 0 Å². The van der Waals surface area contributed by atoms with Crippen LogP contribution in [0.2, 0.25) is 0 Å². The normalized spacial score (nSPS) is 27.9. The van der Waals surface area contributed by atoms with Crippen LogP contribution in [0.15, 0.2) is 0 Å². The van der Waals surface area contributed by atoms with E-state index < -0.39 is 0 Å². The number of thiol groups is 1. The summed E-state index contributed by atoms with van der Waals surface area (Å²) in [5, 5.41) is 0. The van der Waals surface area contributed by atoms with E-state index in [-0.39, 0.29) is 0 Å². The van der Waals surface area contributed by atoms with Crippen LogP contribution in [0, 0.1) is 5.41 Å². The molecule has 2 fully saturated rings. The maximum Gasteiger partial charge on any atom is 0.0113 e. The Morgan fingerprint density at radius 1 is 1.19 bits per heavy atom. The van der Waals surface area contributed by atoms with E-state index in [1.54, 1.807) is 0 Å². The fourth-order valence-electron chi connectivity index (χ4n) is 2.64. The largest absolute Gasteiger partial charge is 0.300 e. The summed E-state index contributed by atoms with van der Waals surface area (Å²) in [4.78, 5) is 5.29. The van der Waals surface area contributed by atoms with E-state index in [1.165, 1.54) is 52.0 Å². The van der Waals surface area contributed by atoms with E-state index in [0.717, 1.165) is 11.8 Å². The minimum atomic E-state index is 0.599. The molecule has 1 aliphatic heterocycles. The molecule has 3 heteroatoms. The van der Waals surface area contributed by atoms with Gasteiger partial charge in [-0.05, 0) is 37.4 Å². The van der Waals surface area contributed by atoms with Gasteiger partial charge in [0.25, 0.3) is 0 Å². The van der Waals surface area contributed by atoms with Crippen LogP contribution >= 0.6 is 12.6 Å². The number of hydrogen-bond acceptors (Lipinski definition) is 3. The third-order valence-corrected chi connectivity index (χ3v) is 5.14. The van der Waals surface area contributed by atoms with Gasteiger partial charge in [-0.3, -0.25) is 4.90 Å². The van der Waals surface area contributed by atoms with Crippen LogP contribution in [-0.2, 0) is 0 Å². The molecule has 0 amide bonds. The Bertz CT molecular complexity index is 220. The summed E-state index contributed by atoms with van der Waals surface area (Å²) in [7, 11) is 0. The van der Waals surface area contributed by atoms with Crippen LogP contribution in [0.25, 0.3) is 0 Å². The fraction of sp³-hybridized carbons (Fsp3) is 1.00. The topological polar surface area (TPSA) is 6.48 Å². The molecular formula is C13H26N2S. The van der Waals surface area contributed by atoms with Crippen molar-refractivity contribution in [1.82, 2.24) is 9.80 Å². The second-order valence-electron chi connectivity index (χ2n) is 5.73. The molecule has 1 saturated heterocycles. The summed E-state index contributed by atoms with van der Waals surface area (Å²) in [5.41, 5.74) is 0.599. The predicted molar refractivity (Wildman–Crippen MR) is 73.3 cm³/mol. The zero-order valence-corrected chi connectivity index (χ0v) is 11.7. The highest BCUT2D eigenvalue weighted by molar-refractivity contribution is 7.80. The van der Waals surface area contributed by atoms with Gasteiger partial charge in [0.1, 0.15) is 0 Å². The fourth-order valence-corrected chi connectivity index (χ4v) is 3.05. The summed E-state index contributed by atoms with van der Waals surface area (Å²) in [6.07, 6.45) is 4.09. The molecule has 0 aromatic rings. The zero-order valence-electron chi connectivity index (χ0n) is 10.8. The van der Waals surface area contributed by atoms with Gasteiger partial charge in [0, 0.05) is 38.8 Å². The van der Waals surface area contributed by atoms with Gasteiger partial charge in [0.05, 0.1) is 0 Å². The zero-order chi connectivity index (χ0) is 11.6. The Kier molecular flexibility index (Phi) is 4.20. The van der Waals surface area contributed by atoms with E-state index in [0.29, 0.717) is 5.41 Å². The number of hydrogen-bond donors (Lipinski definition) is 1. The Morgan fingerprint density at radius 3 is 2.25 bits per heavy atom. The van der Waals surface area contributed by atoms with Gasteiger partial charge < -0.3 is 4.90 Å². The van der Waals surface area contributed by atoms with Crippen molar-refractivity contribution in [3.05, 3.63) is 0 Å². The number of rotatable bonds is 5. The minimum absolute atomic E-state index is 0.599. The molecule has 0 bridgehead atoms. The van der Waals surface area contributed by atoms with Crippen molar-refractivity contribution in [3.8, 4) is 0 Å². The highest BCUT2D eigenvalue weighted by atomic mass is 32.1. The summed E-state index contributed by atoms with van der Waals surface area (Å²) in [6, 6.07) is 0.766. The molecule has 0 aromatic heterocycles. The van der Waals surface area contributed by atoms with Crippen LogP contribution < -0.4 is 0 Å². The Balaban J connectivity index is 1.73. The molecule has 1 saturated carbocycles. The first-order valence-electron chi connectivity index (χ1n) is 6.76. The summed E-state index contributed by atoms with van der Waals surface area (Å²) in [6.45, 7) is 11.0. The predicted octanol–water partition coefficient (Wildman–Crippen LogP) is 2.11. The standard InChI is InChI=1S/C13H26N2S/c1-3-12(2)15-8-6-14(7-9-15)10-13(11-16)4-5-13/h12,16H,3-11H2,1-2H3. The molecule has 16 heavy (non-hydrogen) atoms. The molecule has 1 aliphatic carbocycles. The average molecular weight is 242 g/mol. The Hall–Kier alpha value is 0.270. The highest BCUT2D eigenvalue weighted by Crippen LogP contribution is 2.47. The lowest BCUT2D eigenvalue weighted by molar-refractivity contribution is 0.0895. The minimum Gasteiger partial charge on any atom is -0.300 e. The van der Waals surface area contributed by atoms with Crippen LogP contribution in [0.5, 0.6) is 0 Å². The average Bonchev–Trinajstić information content (AvgIpc) is 3.09. The van der Waals surface area contributed by atoms with Gasteiger partial charge in [-0.2, -0.15) is 12.6 Å². The third-order valence-electron chi connectivity index (χ3n) is 4.47. The molecule has 94 valence electrons. The van der Waals surface area contributed by atoms with E-state index in [2.05, 4.69) is 36.3 Å². The SMILES string of the molecule is CCC(C)N1CCN(CC2(CS)CC2)CC1. The first-order chi connectivity index (χ1) is 7.69. The highest BCUT2D eigenvalue weighted by Gasteiger charge is 2.42. The van der Waals surface area contributed by atoms with Crippen molar-refractivity contribution in [1.29, 1.82) is 0 Å².